The van der Waals surface area contributed by atoms with Crippen LogP contribution in [0.15, 0.2) is 10.6 Å². The summed E-state index contributed by atoms with van der Waals surface area (Å²) in [6, 6.07) is 1.18. The maximum atomic E-state index is 11.3. The number of rotatable bonds is 6. The summed E-state index contributed by atoms with van der Waals surface area (Å²) in [6.07, 6.45) is 0.0289. The van der Waals surface area contributed by atoms with Crippen molar-refractivity contribution < 1.29 is 28.7 Å². The third-order valence-corrected chi connectivity index (χ3v) is 1.94. The monoisotopic (exact) mass is 286 g/mol. The Morgan fingerprint density at radius 3 is 2.70 bits per heavy atom. The number of hydrogen-bond acceptors (Lipinski definition) is 6. The summed E-state index contributed by atoms with van der Waals surface area (Å²) >= 11 is 0. The van der Waals surface area contributed by atoms with Gasteiger partial charge in [0, 0.05) is 6.54 Å². The van der Waals surface area contributed by atoms with Crippen LogP contribution in [-0.4, -0.2) is 41.1 Å². The molecule has 8 nitrogen and oxygen atoms in total. The maximum Gasteiger partial charge on any atom is 0.407 e. The molecule has 0 fully saturated rings. The molecular weight excluding hydrogens is 268 g/mol. The summed E-state index contributed by atoms with van der Waals surface area (Å²) in [5.74, 6) is -1.40. The predicted octanol–water partition coefficient (Wildman–Crippen LogP) is 1.67. The SMILES string of the molecule is CC(C)(C)OC(=O)NCCCOc1cc(C(=O)O)on1. The van der Waals surface area contributed by atoms with Gasteiger partial charge in [-0.05, 0) is 32.3 Å². The van der Waals surface area contributed by atoms with E-state index in [-0.39, 0.29) is 18.2 Å². The number of alkyl carbamates (subject to hydrolysis) is 1. The molecule has 0 aliphatic rings. The fourth-order valence-corrected chi connectivity index (χ4v) is 1.18. The molecule has 0 aliphatic heterocycles. The Morgan fingerprint density at radius 1 is 1.45 bits per heavy atom. The second-order valence-electron chi connectivity index (χ2n) is 4.97. The molecule has 0 radical (unpaired) electrons. The number of ether oxygens (including phenoxy) is 2. The average molecular weight is 286 g/mol. The summed E-state index contributed by atoms with van der Waals surface area (Å²) < 4.78 is 14.7. The van der Waals surface area contributed by atoms with Crippen molar-refractivity contribution in [2.24, 2.45) is 0 Å². The zero-order valence-electron chi connectivity index (χ0n) is 11.6. The summed E-state index contributed by atoms with van der Waals surface area (Å²) in [7, 11) is 0. The van der Waals surface area contributed by atoms with Crippen molar-refractivity contribution in [3.05, 3.63) is 11.8 Å². The smallest absolute Gasteiger partial charge is 0.407 e. The van der Waals surface area contributed by atoms with Gasteiger partial charge in [0.05, 0.1) is 12.7 Å². The van der Waals surface area contributed by atoms with Crippen LogP contribution in [-0.2, 0) is 4.74 Å². The van der Waals surface area contributed by atoms with E-state index in [1.807, 2.05) is 0 Å². The molecule has 0 bridgehead atoms. The van der Waals surface area contributed by atoms with Crippen molar-refractivity contribution in [2.45, 2.75) is 32.8 Å². The van der Waals surface area contributed by atoms with E-state index in [0.29, 0.717) is 13.0 Å². The third-order valence-electron chi connectivity index (χ3n) is 1.94. The molecule has 0 aliphatic carbocycles. The first-order valence-corrected chi connectivity index (χ1v) is 6.07. The molecule has 8 heteroatoms. The zero-order valence-corrected chi connectivity index (χ0v) is 11.6. The fraction of sp³-hybridized carbons (Fsp3) is 0.583. The first-order valence-electron chi connectivity index (χ1n) is 6.07. The number of nitrogens with zero attached hydrogens (tertiary/aromatic N) is 1. The fourth-order valence-electron chi connectivity index (χ4n) is 1.18. The Balaban J connectivity index is 2.16. The number of hydrogen-bond donors (Lipinski definition) is 2. The molecule has 0 spiro atoms. The van der Waals surface area contributed by atoms with Crippen molar-refractivity contribution in [3.8, 4) is 5.88 Å². The van der Waals surface area contributed by atoms with E-state index < -0.39 is 17.7 Å². The maximum absolute atomic E-state index is 11.3. The van der Waals surface area contributed by atoms with E-state index in [0.717, 1.165) is 0 Å². The number of amides is 1. The van der Waals surface area contributed by atoms with Crippen LogP contribution in [0.2, 0.25) is 0 Å². The van der Waals surface area contributed by atoms with Crippen molar-refractivity contribution in [1.82, 2.24) is 10.5 Å². The topological polar surface area (TPSA) is 111 Å². The molecule has 0 atom stereocenters. The molecular formula is C12H18N2O6. The van der Waals surface area contributed by atoms with Crippen molar-refractivity contribution in [1.29, 1.82) is 0 Å². The molecule has 20 heavy (non-hydrogen) atoms. The van der Waals surface area contributed by atoms with Gasteiger partial charge < -0.3 is 24.4 Å². The van der Waals surface area contributed by atoms with Crippen LogP contribution in [0, 0.1) is 0 Å². The Labute approximate surface area is 116 Å². The Bertz CT molecular complexity index is 463. The Morgan fingerprint density at radius 2 is 2.15 bits per heavy atom. The average Bonchev–Trinajstić information content (AvgIpc) is 2.75. The molecule has 1 aromatic heterocycles. The summed E-state index contributed by atoms with van der Waals surface area (Å²) in [5, 5.41) is 14.6. The van der Waals surface area contributed by atoms with Crippen LogP contribution in [0.5, 0.6) is 5.88 Å². The molecule has 1 aromatic rings. The highest BCUT2D eigenvalue weighted by molar-refractivity contribution is 5.84. The second kappa shape index (κ2) is 6.78. The minimum atomic E-state index is -1.21. The highest BCUT2D eigenvalue weighted by Gasteiger charge is 2.15. The van der Waals surface area contributed by atoms with Crippen LogP contribution >= 0.6 is 0 Å². The lowest BCUT2D eigenvalue weighted by Gasteiger charge is -2.19. The van der Waals surface area contributed by atoms with Crippen LogP contribution in [0.25, 0.3) is 0 Å². The van der Waals surface area contributed by atoms with E-state index >= 15 is 0 Å². The Hall–Kier alpha value is -2.25. The van der Waals surface area contributed by atoms with Crippen molar-refractivity contribution in [2.75, 3.05) is 13.2 Å². The summed E-state index contributed by atoms with van der Waals surface area (Å²) in [4.78, 5) is 21.8. The van der Waals surface area contributed by atoms with Gasteiger partial charge in [-0.1, -0.05) is 0 Å². The molecule has 0 aromatic carbocycles. The minimum Gasteiger partial charge on any atom is -0.475 e. The predicted molar refractivity (Wildman–Crippen MR) is 67.8 cm³/mol. The molecule has 112 valence electrons. The van der Waals surface area contributed by atoms with Gasteiger partial charge >= 0.3 is 12.1 Å². The summed E-state index contributed by atoms with van der Waals surface area (Å²) in [6.45, 7) is 5.97. The molecule has 1 amide bonds. The van der Waals surface area contributed by atoms with Crippen LogP contribution in [0.4, 0.5) is 4.79 Å². The number of carboxylic acid groups (broad SMARTS) is 1. The first-order chi connectivity index (χ1) is 9.28. The lowest BCUT2D eigenvalue weighted by Crippen LogP contribution is -2.33. The largest absolute Gasteiger partial charge is 0.475 e. The van der Waals surface area contributed by atoms with Gasteiger partial charge in [0.2, 0.25) is 5.76 Å². The van der Waals surface area contributed by atoms with Crippen LogP contribution in [0.3, 0.4) is 0 Å². The molecule has 0 saturated carbocycles. The normalized spacial score (nSPS) is 10.9. The van der Waals surface area contributed by atoms with E-state index in [2.05, 4.69) is 15.0 Å². The Kier molecular flexibility index (Phi) is 5.36. The van der Waals surface area contributed by atoms with Gasteiger partial charge in [0.25, 0.3) is 5.88 Å². The van der Waals surface area contributed by atoms with Gasteiger partial charge in [-0.3, -0.25) is 0 Å². The second-order valence-corrected chi connectivity index (χ2v) is 4.97. The van der Waals surface area contributed by atoms with Crippen molar-refractivity contribution in [3.63, 3.8) is 0 Å². The standard InChI is InChI=1S/C12H18N2O6/c1-12(2,3)19-11(17)13-5-4-6-18-9-7-8(10(15)16)20-14-9/h7H,4-6H2,1-3H3,(H,13,17)(H,15,16). The summed E-state index contributed by atoms with van der Waals surface area (Å²) in [5.41, 5.74) is -0.533. The molecule has 1 rings (SSSR count). The highest BCUT2D eigenvalue weighted by Crippen LogP contribution is 2.11. The first kappa shape index (κ1) is 15.8. The molecule has 2 N–H and O–H groups in total. The van der Waals surface area contributed by atoms with Crippen LogP contribution < -0.4 is 10.1 Å². The van der Waals surface area contributed by atoms with E-state index in [9.17, 15) is 9.59 Å². The molecule has 0 unspecified atom stereocenters. The minimum absolute atomic E-state index is 0.0969. The third kappa shape index (κ3) is 6.07. The van der Waals surface area contributed by atoms with Crippen molar-refractivity contribution >= 4 is 12.1 Å². The zero-order chi connectivity index (χ0) is 15.2. The highest BCUT2D eigenvalue weighted by atomic mass is 16.6. The van der Waals surface area contributed by atoms with Crippen LogP contribution in [0.1, 0.15) is 37.7 Å². The number of carboxylic acids is 1. The van der Waals surface area contributed by atoms with Gasteiger partial charge in [0.1, 0.15) is 5.60 Å². The number of nitrogens with one attached hydrogen (secondary N) is 1. The lowest BCUT2D eigenvalue weighted by molar-refractivity contribution is 0.0524. The lowest BCUT2D eigenvalue weighted by atomic mass is 10.2. The number of carbonyl (C=O) groups is 2. The van der Waals surface area contributed by atoms with E-state index in [1.165, 1.54) is 6.07 Å². The van der Waals surface area contributed by atoms with E-state index in [1.54, 1.807) is 20.8 Å². The van der Waals surface area contributed by atoms with E-state index in [4.69, 9.17) is 14.6 Å². The van der Waals surface area contributed by atoms with Gasteiger partial charge in [-0.15, -0.1) is 0 Å². The quantitative estimate of drug-likeness (QED) is 0.765. The molecule has 1 heterocycles. The van der Waals surface area contributed by atoms with Gasteiger partial charge in [0.15, 0.2) is 0 Å². The number of carbonyl (C=O) groups excluding carboxylic acids is 1. The number of aromatic nitrogens is 1. The van der Waals surface area contributed by atoms with Gasteiger partial charge in [-0.25, -0.2) is 9.59 Å². The number of aromatic carboxylic acids is 1. The van der Waals surface area contributed by atoms with Gasteiger partial charge in [-0.2, -0.15) is 0 Å². The molecule has 0 saturated heterocycles.